The Morgan fingerprint density at radius 1 is 1.19 bits per heavy atom. The highest BCUT2D eigenvalue weighted by Crippen LogP contribution is 2.44. The zero-order valence-corrected chi connectivity index (χ0v) is 18.3. The number of halogens is 3. The standard InChI is InChI=1S/C21H27F3N4O4/c1-11-17(19(30)31)27-28(20(2,3)4)18(11)32-15-10-25-9-14(16(15)21(22,23)24)26-12-5-7-13(29)8-6-12/h9-10,12-13,26,29H,5-8H2,1-4H3,(H,30,31). The number of rotatable bonds is 5. The van der Waals surface area contributed by atoms with Crippen LogP contribution in [0.3, 0.4) is 0 Å². The van der Waals surface area contributed by atoms with Crippen LogP contribution in [0.5, 0.6) is 11.6 Å². The Hall–Kier alpha value is -2.82. The molecule has 1 aliphatic carbocycles. The smallest absolute Gasteiger partial charge is 0.422 e. The van der Waals surface area contributed by atoms with Crippen molar-refractivity contribution >= 4 is 11.7 Å². The predicted octanol–water partition coefficient (Wildman–Crippen LogP) is 4.57. The van der Waals surface area contributed by atoms with E-state index in [1.54, 1.807) is 20.8 Å². The first-order chi connectivity index (χ1) is 14.8. The first-order valence-electron chi connectivity index (χ1n) is 10.3. The number of aromatic carboxylic acids is 1. The van der Waals surface area contributed by atoms with Gasteiger partial charge in [-0.05, 0) is 53.4 Å². The van der Waals surface area contributed by atoms with Crippen LogP contribution in [-0.4, -0.2) is 43.1 Å². The van der Waals surface area contributed by atoms with Gasteiger partial charge in [0.2, 0.25) is 5.88 Å². The number of aliphatic hydroxyl groups is 1. The first kappa shape index (κ1) is 23.8. The Labute approximate surface area is 183 Å². The summed E-state index contributed by atoms with van der Waals surface area (Å²) < 4.78 is 49.2. The number of hydrogen-bond acceptors (Lipinski definition) is 6. The zero-order chi connectivity index (χ0) is 23.8. The second-order valence-electron chi connectivity index (χ2n) is 8.98. The molecule has 1 saturated carbocycles. The molecule has 2 aromatic heterocycles. The predicted molar refractivity (Wildman–Crippen MR) is 110 cm³/mol. The summed E-state index contributed by atoms with van der Waals surface area (Å²) in [5.41, 5.74) is -2.20. The maximum absolute atomic E-state index is 14.1. The molecule has 8 nitrogen and oxygen atoms in total. The molecule has 32 heavy (non-hydrogen) atoms. The van der Waals surface area contributed by atoms with E-state index < -0.39 is 35.1 Å². The lowest BCUT2D eigenvalue weighted by Gasteiger charge is -2.28. The number of carboxylic acid groups (broad SMARTS) is 1. The molecule has 2 heterocycles. The van der Waals surface area contributed by atoms with Gasteiger partial charge in [-0.15, -0.1) is 0 Å². The van der Waals surface area contributed by atoms with Gasteiger partial charge in [0, 0.05) is 11.6 Å². The number of carboxylic acids is 1. The molecule has 2 aromatic rings. The van der Waals surface area contributed by atoms with Crippen molar-refractivity contribution in [2.24, 2.45) is 0 Å². The lowest BCUT2D eigenvalue weighted by Crippen LogP contribution is -2.29. The molecule has 0 spiro atoms. The van der Waals surface area contributed by atoms with Crippen LogP contribution in [0.2, 0.25) is 0 Å². The highest BCUT2D eigenvalue weighted by atomic mass is 19.4. The fourth-order valence-electron chi connectivity index (χ4n) is 3.72. The third-order valence-electron chi connectivity index (χ3n) is 5.36. The molecule has 0 radical (unpaired) electrons. The number of nitrogens with zero attached hydrogens (tertiary/aromatic N) is 3. The third-order valence-corrected chi connectivity index (χ3v) is 5.36. The molecule has 0 amide bonds. The van der Waals surface area contributed by atoms with Crippen molar-refractivity contribution in [2.45, 2.75) is 77.2 Å². The number of nitrogens with one attached hydrogen (secondary N) is 1. The summed E-state index contributed by atoms with van der Waals surface area (Å²) in [7, 11) is 0. The van der Waals surface area contributed by atoms with Gasteiger partial charge in [-0.1, -0.05) is 0 Å². The summed E-state index contributed by atoms with van der Waals surface area (Å²) in [6.07, 6.45) is -1.08. The summed E-state index contributed by atoms with van der Waals surface area (Å²) in [6, 6.07) is -0.239. The summed E-state index contributed by atoms with van der Waals surface area (Å²) in [4.78, 5) is 15.5. The van der Waals surface area contributed by atoms with Crippen LogP contribution in [0.1, 0.15) is 68.1 Å². The Balaban J connectivity index is 2.05. The van der Waals surface area contributed by atoms with Crippen LogP contribution in [0.25, 0.3) is 0 Å². The van der Waals surface area contributed by atoms with E-state index in [1.807, 2.05) is 0 Å². The van der Waals surface area contributed by atoms with Crippen LogP contribution < -0.4 is 10.1 Å². The van der Waals surface area contributed by atoms with Crippen molar-refractivity contribution in [3.05, 3.63) is 29.2 Å². The third kappa shape index (κ3) is 4.98. The molecule has 11 heteroatoms. The highest BCUT2D eigenvalue weighted by Gasteiger charge is 2.39. The lowest BCUT2D eigenvalue weighted by atomic mass is 9.93. The van der Waals surface area contributed by atoms with Crippen LogP contribution in [0.15, 0.2) is 12.4 Å². The van der Waals surface area contributed by atoms with Crippen molar-refractivity contribution in [1.82, 2.24) is 14.8 Å². The molecule has 3 rings (SSSR count). The number of aromatic nitrogens is 3. The maximum Gasteiger partial charge on any atom is 0.422 e. The van der Waals surface area contributed by atoms with Crippen LogP contribution in [-0.2, 0) is 11.7 Å². The van der Waals surface area contributed by atoms with Crippen molar-refractivity contribution in [1.29, 1.82) is 0 Å². The number of hydrogen-bond donors (Lipinski definition) is 3. The second kappa shape index (κ2) is 8.61. The van der Waals surface area contributed by atoms with Crippen molar-refractivity contribution in [3.63, 3.8) is 0 Å². The highest BCUT2D eigenvalue weighted by molar-refractivity contribution is 5.87. The summed E-state index contributed by atoms with van der Waals surface area (Å²) in [6.45, 7) is 6.63. The van der Waals surface area contributed by atoms with Gasteiger partial charge < -0.3 is 20.3 Å². The van der Waals surface area contributed by atoms with E-state index in [-0.39, 0.29) is 28.9 Å². The van der Waals surface area contributed by atoms with E-state index >= 15 is 0 Å². The van der Waals surface area contributed by atoms with Crippen molar-refractivity contribution in [3.8, 4) is 11.6 Å². The average Bonchev–Trinajstić information content (AvgIpc) is 3.00. The summed E-state index contributed by atoms with van der Waals surface area (Å²) in [5.74, 6) is -1.96. The maximum atomic E-state index is 14.1. The van der Waals surface area contributed by atoms with E-state index in [9.17, 15) is 28.2 Å². The van der Waals surface area contributed by atoms with Gasteiger partial charge in [-0.3, -0.25) is 4.98 Å². The first-order valence-corrected chi connectivity index (χ1v) is 10.3. The van der Waals surface area contributed by atoms with Crippen LogP contribution >= 0.6 is 0 Å². The molecule has 176 valence electrons. The van der Waals surface area contributed by atoms with Crippen LogP contribution in [0.4, 0.5) is 18.9 Å². The minimum absolute atomic E-state index is 0.0971. The van der Waals surface area contributed by atoms with E-state index in [0.717, 1.165) is 12.4 Å². The number of alkyl halides is 3. The number of aliphatic hydroxyl groups excluding tert-OH is 1. The molecule has 0 unspecified atom stereocenters. The van der Waals surface area contributed by atoms with Gasteiger partial charge in [-0.2, -0.15) is 18.3 Å². The normalized spacial score (nSPS) is 19.6. The lowest BCUT2D eigenvalue weighted by molar-refractivity contribution is -0.138. The molecule has 0 aromatic carbocycles. The number of carbonyl (C=O) groups is 1. The molecule has 0 bridgehead atoms. The van der Waals surface area contributed by atoms with Gasteiger partial charge in [-0.25, -0.2) is 9.48 Å². The summed E-state index contributed by atoms with van der Waals surface area (Å²) >= 11 is 0. The van der Waals surface area contributed by atoms with Gasteiger partial charge >= 0.3 is 12.1 Å². The topological polar surface area (TPSA) is 110 Å². The molecule has 1 aliphatic rings. The van der Waals surface area contributed by atoms with E-state index in [1.165, 1.54) is 11.6 Å². The van der Waals surface area contributed by atoms with Gasteiger partial charge in [0.25, 0.3) is 0 Å². The van der Waals surface area contributed by atoms with Gasteiger partial charge in [0.1, 0.15) is 5.56 Å². The number of ether oxygens (including phenoxy) is 1. The molecular weight excluding hydrogens is 429 g/mol. The Bertz CT molecular complexity index is 990. The molecule has 0 aliphatic heterocycles. The second-order valence-corrected chi connectivity index (χ2v) is 8.98. The quantitative estimate of drug-likeness (QED) is 0.605. The minimum Gasteiger partial charge on any atom is -0.476 e. The number of anilines is 1. The fraction of sp³-hybridized carbons (Fsp3) is 0.571. The van der Waals surface area contributed by atoms with Crippen LogP contribution in [0, 0.1) is 6.92 Å². The molecule has 1 fully saturated rings. The van der Waals surface area contributed by atoms with E-state index in [4.69, 9.17) is 4.74 Å². The fourth-order valence-corrected chi connectivity index (χ4v) is 3.72. The van der Waals surface area contributed by atoms with E-state index in [2.05, 4.69) is 15.4 Å². The zero-order valence-electron chi connectivity index (χ0n) is 18.3. The van der Waals surface area contributed by atoms with Gasteiger partial charge in [0.15, 0.2) is 11.4 Å². The van der Waals surface area contributed by atoms with Gasteiger partial charge in [0.05, 0.1) is 29.7 Å². The molecule has 3 N–H and O–H groups in total. The molecule has 0 saturated heterocycles. The minimum atomic E-state index is -4.76. The SMILES string of the molecule is Cc1c(C(=O)O)nn(C(C)(C)C)c1Oc1cncc(NC2CCC(O)CC2)c1C(F)(F)F. The number of pyridine rings is 1. The largest absolute Gasteiger partial charge is 0.476 e. The monoisotopic (exact) mass is 456 g/mol. The average molecular weight is 456 g/mol. The molecular formula is C21H27F3N4O4. The van der Waals surface area contributed by atoms with Crippen molar-refractivity contribution in [2.75, 3.05) is 5.32 Å². The molecule has 0 atom stereocenters. The van der Waals surface area contributed by atoms with Crippen molar-refractivity contribution < 1.29 is 32.9 Å². The summed E-state index contributed by atoms with van der Waals surface area (Å²) in [5, 5.41) is 26.0. The van der Waals surface area contributed by atoms with E-state index in [0.29, 0.717) is 25.7 Å². The Morgan fingerprint density at radius 2 is 1.81 bits per heavy atom. The Kier molecular flexibility index (Phi) is 6.41. The Morgan fingerprint density at radius 3 is 2.34 bits per heavy atom.